The van der Waals surface area contributed by atoms with Crippen LogP contribution in [0.15, 0.2) is 22.7 Å². The molecule has 1 aromatic carbocycles. The molecular weight excluding hydrogens is 284 g/mol. The number of amidine groups is 1. The molecule has 0 radical (unpaired) electrons. The van der Waals surface area contributed by atoms with Crippen LogP contribution >= 0.6 is 15.9 Å². The molecule has 94 valence electrons. The maximum absolute atomic E-state index is 7.16. The normalized spacial score (nSPS) is 12.2. The topological polar surface area (TPSA) is 68.3 Å². The van der Waals surface area contributed by atoms with Crippen molar-refractivity contribution >= 4 is 21.8 Å². The average Bonchev–Trinajstić information content (AvgIpc) is 2.28. The Labute approximate surface area is 110 Å². The molecule has 0 bridgehead atoms. The maximum atomic E-state index is 7.16. The van der Waals surface area contributed by atoms with E-state index in [-0.39, 0.29) is 11.9 Å². The van der Waals surface area contributed by atoms with Gasteiger partial charge < -0.3 is 15.2 Å². The Morgan fingerprint density at radius 2 is 2.18 bits per heavy atom. The molecule has 1 aromatic rings. The molecule has 0 aliphatic carbocycles. The number of halogens is 1. The molecule has 1 unspecified atom stereocenters. The Morgan fingerprint density at radius 1 is 1.47 bits per heavy atom. The molecule has 0 aliphatic heterocycles. The van der Waals surface area contributed by atoms with Gasteiger partial charge in [0.25, 0.3) is 0 Å². The fourth-order valence-electron chi connectivity index (χ4n) is 1.18. The van der Waals surface area contributed by atoms with Gasteiger partial charge in [0, 0.05) is 4.47 Å². The van der Waals surface area contributed by atoms with Crippen molar-refractivity contribution in [3.8, 4) is 5.75 Å². The number of hydrogen-bond donors (Lipinski definition) is 2. The van der Waals surface area contributed by atoms with Gasteiger partial charge in [-0.05, 0) is 37.6 Å². The lowest BCUT2D eigenvalue weighted by Gasteiger charge is -2.12. The van der Waals surface area contributed by atoms with E-state index >= 15 is 0 Å². The summed E-state index contributed by atoms with van der Waals surface area (Å²) in [6.45, 7) is 4.60. The molecule has 0 saturated heterocycles. The van der Waals surface area contributed by atoms with Crippen molar-refractivity contribution < 1.29 is 9.47 Å². The zero-order chi connectivity index (χ0) is 12.8. The van der Waals surface area contributed by atoms with Crippen molar-refractivity contribution in [2.24, 2.45) is 5.73 Å². The summed E-state index contributed by atoms with van der Waals surface area (Å²) in [5, 5.41) is 7.16. The third-order valence-corrected chi connectivity index (χ3v) is 3.18. The molecule has 0 amide bonds. The maximum Gasteiger partial charge on any atom is 0.120 e. The summed E-state index contributed by atoms with van der Waals surface area (Å²) >= 11 is 3.43. The van der Waals surface area contributed by atoms with E-state index in [1.165, 1.54) is 0 Å². The minimum atomic E-state index is -0.356. The third-order valence-electron chi connectivity index (χ3n) is 2.29. The zero-order valence-electron chi connectivity index (χ0n) is 10.00. The largest absolute Gasteiger partial charge is 0.491 e. The molecule has 4 nitrogen and oxygen atoms in total. The number of nitrogens with two attached hydrogens (primary N) is 1. The van der Waals surface area contributed by atoms with Crippen LogP contribution in [-0.2, 0) is 4.74 Å². The van der Waals surface area contributed by atoms with Gasteiger partial charge >= 0.3 is 0 Å². The summed E-state index contributed by atoms with van der Waals surface area (Å²) in [4.78, 5) is 0. The lowest BCUT2D eigenvalue weighted by atomic mass is 10.2. The van der Waals surface area contributed by atoms with E-state index in [1.54, 1.807) is 6.92 Å². The molecule has 0 heterocycles. The summed E-state index contributed by atoms with van der Waals surface area (Å²) in [5.41, 5.74) is 6.40. The highest BCUT2D eigenvalue weighted by molar-refractivity contribution is 9.10. The van der Waals surface area contributed by atoms with Gasteiger partial charge in [-0.15, -0.1) is 0 Å². The molecule has 1 rings (SSSR count). The second kappa shape index (κ2) is 6.61. The molecule has 3 N–H and O–H groups in total. The first-order valence-corrected chi connectivity index (χ1v) is 6.14. The minimum Gasteiger partial charge on any atom is -0.491 e. The molecule has 0 fully saturated rings. The van der Waals surface area contributed by atoms with Crippen LogP contribution in [0, 0.1) is 12.3 Å². The van der Waals surface area contributed by atoms with Crippen molar-refractivity contribution in [3.63, 3.8) is 0 Å². The number of benzene rings is 1. The SMILES string of the molecule is Cc1cc(OCCOC(C)C(=N)N)ccc1Br. The number of ether oxygens (including phenoxy) is 2. The van der Waals surface area contributed by atoms with Gasteiger partial charge in [0.1, 0.15) is 24.3 Å². The van der Waals surface area contributed by atoms with Crippen molar-refractivity contribution in [1.82, 2.24) is 0 Å². The van der Waals surface area contributed by atoms with Gasteiger partial charge in [0.15, 0.2) is 0 Å². The number of nitrogens with one attached hydrogen (secondary N) is 1. The molecule has 0 aromatic heterocycles. The van der Waals surface area contributed by atoms with Crippen molar-refractivity contribution in [1.29, 1.82) is 5.41 Å². The van der Waals surface area contributed by atoms with E-state index in [4.69, 9.17) is 20.6 Å². The van der Waals surface area contributed by atoms with Crippen LogP contribution in [0.3, 0.4) is 0 Å². The summed E-state index contributed by atoms with van der Waals surface area (Å²) in [7, 11) is 0. The quantitative estimate of drug-likeness (QED) is 0.482. The fraction of sp³-hybridized carbons (Fsp3) is 0.417. The van der Waals surface area contributed by atoms with Gasteiger partial charge in [-0.1, -0.05) is 15.9 Å². The van der Waals surface area contributed by atoms with E-state index in [2.05, 4.69) is 15.9 Å². The Hall–Kier alpha value is -1.07. The predicted molar refractivity (Wildman–Crippen MR) is 71.7 cm³/mol. The Bertz CT molecular complexity index is 396. The monoisotopic (exact) mass is 300 g/mol. The number of aryl methyl sites for hydroxylation is 1. The highest BCUT2D eigenvalue weighted by Crippen LogP contribution is 2.21. The zero-order valence-corrected chi connectivity index (χ0v) is 11.6. The van der Waals surface area contributed by atoms with Crippen molar-refractivity contribution in [3.05, 3.63) is 28.2 Å². The average molecular weight is 301 g/mol. The van der Waals surface area contributed by atoms with Gasteiger partial charge in [0.2, 0.25) is 0 Å². The van der Waals surface area contributed by atoms with Crippen LogP contribution < -0.4 is 10.5 Å². The molecule has 17 heavy (non-hydrogen) atoms. The Morgan fingerprint density at radius 3 is 2.76 bits per heavy atom. The third kappa shape index (κ3) is 4.75. The summed E-state index contributed by atoms with van der Waals surface area (Å²) in [5.74, 6) is 0.842. The first-order valence-electron chi connectivity index (χ1n) is 5.35. The van der Waals surface area contributed by atoms with Gasteiger partial charge in [-0.2, -0.15) is 0 Å². The molecule has 0 saturated carbocycles. The van der Waals surface area contributed by atoms with E-state index in [0.717, 1.165) is 15.8 Å². The van der Waals surface area contributed by atoms with Crippen molar-refractivity contribution in [2.45, 2.75) is 20.0 Å². The van der Waals surface area contributed by atoms with E-state index in [1.807, 2.05) is 25.1 Å². The van der Waals surface area contributed by atoms with Crippen molar-refractivity contribution in [2.75, 3.05) is 13.2 Å². The molecule has 0 spiro atoms. The lowest BCUT2D eigenvalue weighted by molar-refractivity contribution is 0.0793. The first kappa shape index (κ1) is 14.0. The molecule has 0 aliphatic rings. The van der Waals surface area contributed by atoms with E-state index in [9.17, 15) is 0 Å². The van der Waals surface area contributed by atoms with Crippen LogP contribution in [0.25, 0.3) is 0 Å². The predicted octanol–water partition coefficient (Wildman–Crippen LogP) is 2.48. The van der Waals surface area contributed by atoms with Crippen LogP contribution in [0.1, 0.15) is 12.5 Å². The minimum absolute atomic E-state index is 0.0319. The highest BCUT2D eigenvalue weighted by atomic mass is 79.9. The van der Waals surface area contributed by atoms with Gasteiger partial charge in [0.05, 0.1) is 6.61 Å². The second-order valence-electron chi connectivity index (χ2n) is 3.73. The number of hydrogen-bond acceptors (Lipinski definition) is 3. The molecule has 1 atom stereocenters. The highest BCUT2D eigenvalue weighted by Gasteiger charge is 2.04. The standard InChI is InChI=1S/C12H17BrN2O2/c1-8-7-10(3-4-11(8)13)17-6-5-16-9(2)12(14)15/h3-4,7,9H,5-6H2,1-2H3,(H3,14,15). The van der Waals surface area contributed by atoms with Gasteiger partial charge in [-0.25, -0.2) is 0 Å². The van der Waals surface area contributed by atoms with Crippen LogP contribution in [-0.4, -0.2) is 25.2 Å². The summed E-state index contributed by atoms with van der Waals surface area (Å²) in [6, 6.07) is 5.80. The smallest absolute Gasteiger partial charge is 0.120 e. The number of rotatable bonds is 6. The lowest BCUT2D eigenvalue weighted by Crippen LogP contribution is -2.28. The van der Waals surface area contributed by atoms with E-state index in [0.29, 0.717) is 13.2 Å². The second-order valence-corrected chi connectivity index (χ2v) is 4.58. The Kier molecular flexibility index (Phi) is 5.44. The Balaban J connectivity index is 2.31. The fourth-order valence-corrected chi connectivity index (χ4v) is 1.43. The van der Waals surface area contributed by atoms with Crippen LogP contribution in [0.4, 0.5) is 0 Å². The van der Waals surface area contributed by atoms with Gasteiger partial charge in [-0.3, -0.25) is 5.41 Å². The molecule has 5 heteroatoms. The van der Waals surface area contributed by atoms with Crippen LogP contribution in [0.2, 0.25) is 0 Å². The summed E-state index contributed by atoms with van der Waals surface area (Å²) < 4.78 is 11.9. The van der Waals surface area contributed by atoms with E-state index < -0.39 is 0 Å². The first-order chi connectivity index (χ1) is 8.00. The molecular formula is C12H17BrN2O2. The van der Waals surface area contributed by atoms with Crippen LogP contribution in [0.5, 0.6) is 5.75 Å². The summed E-state index contributed by atoms with van der Waals surface area (Å²) in [6.07, 6.45) is -0.356.